The summed E-state index contributed by atoms with van der Waals surface area (Å²) in [6.45, 7) is 7.36. The Morgan fingerprint density at radius 3 is 2.29 bits per heavy atom. The van der Waals surface area contributed by atoms with Crippen LogP contribution in [0.3, 0.4) is 0 Å². The summed E-state index contributed by atoms with van der Waals surface area (Å²) in [5.74, 6) is 0.115. The van der Waals surface area contributed by atoms with Gasteiger partial charge >= 0.3 is 6.03 Å². The second kappa shape index (κ2) is 7.12. The van der Waals surface area contributed by atoms with Crippen LogP contribution in [0.2, 0.25) is 0 Å². The lowest BCUT2D eigenvalue weighted by molar-refractivity contribution is 0.0687. The molecule has 24 heavy (non-hydrogen) atoms. The second-order valence-electron chi connectivity index (χ2n) is 6.41. The number of hydrazine groups is 1. The van der Waals surface area contributed by atoms with Crippen LogP contribution in [-0.4, -0.2) is 27.5 Å². The zero-order valence-electron chi connectivity index (χ0n) is 14.3. The van der Waals surface area contributed by atoms with Crippen LogP contribution in [0, 0.1) is 6.92 Å². The smallest absolute Gasteiger partial charge is 0.291 e. The number of urea groups is 1. The summed E-state index contributed by atoms with van der Waals surface area (Å²) in [4.78, 5) is 29.2. The van der Waals surface area contributed by atoms with Crippen molar-refractivity contribution in [3.63, 3.8) is 0 Å². The van der Waals surface area contributed by atoms with Gasteiger partial charge in [-0.25, -0.2) is 14.8 Å². The lowest BCUT2D eigenvalue weighted by atomic mass is 10.1. The fourth-order valence-corrected chi connectivity index (χ4v) is 2.05. The number of pyridine rings is 1. The lowest BCUT2D eigenvalue weighted by Gasteiger charge is -2.35. The predicted molar refractivity (Wildman–Crippen MR) is 93.5 cm³/mol. The summed E-state index contributed by atoms with van der Waals surface area (Å²) >= 11 is 0. The molecule has 6 nitrogen and oxygen atoms in total. The van der Waals surface area contributed by atoms with E-state index in [1.807, 2.05) is 39.8 Å². The van der Waals surface area contributed by atoms with Crippen LogP contribution < -0.4 is 10.7 Å². The highest BCUT2D eigenvalue weighted by Gasteiger charge is 2.29. The maximum absolute atomic E-state index is 12.6. The van der Waals surface area contributed by atoms with E-state index in [9.17, 15) is 9.59 Å². The van der Waals surface area contributed by atoms with E-state index in [0.717, 1.165) is 5.56 Å². The van der Waals surface area contributed by atoms with E-state index >= 15 is 0 Å². The van der Waals surface area contributed by atoms with Crippen molar-refractivity contribution >= 4 is 17.8 Å². The van der Waals surface area contributed by atoms with E-state index < -0.39 is 11.6 Å². The normalized spacial score (nSPS) is 10.8. The van der Waals surface area contributed by atoms with Crippen molar-refractivity contribution in [3.8, 4) is 0 Å². The molecule has 0 fully saturated rings. The molecule has 0 radical (unpaired) electrons. The topological polar surface area (TPSA) is 74.3 Å². The molecule has 0 bridgehead atoms. The van der Waals surface area contributed by atoms with Crippen molar-refractivity contribution in [3.05, 3.63) is 59.8 Å². The van der Waals surface area contributed by atoms with Gasteiger partial charge in [0.05, 0.1) is 5.54 Å². The Morgan fingerprint density at radius 2 is 1.71 bits per heavy atom. The third-order valence-corrected chi connectivity index (χ3v) is 3.36. The van der Waals surface area contributed by atoms with Gasteiger partial charge in [0.25, 0.3) is 5.91 Å². The van der Waals surface area contributed by atoms with Crippen molar-refractivity contribution in [2.24, 2.45) is 0 Å². The molecule has 0 unspecified atom stereocenters. The predicted octanol–water partition coefficient (Wildman–Crippen LogP) is 3.37. The number of nitrogens with zero attached hydrogens (tertiary/aromatic N) is 2. The zero-order chi connectivity index (χ0) is 17.7. The number of hydrogen-bond donors (Lipinski definition) is 2. The van der Waals surface area contributed by atoms with Crippen LogP contribution >= 0.6 is 0 Å². The van der Waals surface area contributed by atoms with Gasteiger partial charge in [-0.1, -0.05) is 24.3 Å². The number of carbonyl (C=O) groups is 2. The third kappa shape index (κ3) is 4.32. The van der Waals surface area contributed by atoms with Crippen molar-refractivity contribution in [2.75, 3.05) is 5.32 Å². The molecule has 1 aromatic heterocycles. The highest BCUT2D eigenvalue weighted by Crippen LogP contribution is 2.15. The van der Waals surface area contributed by atoms with Crippen molar-refractivity contribution in [1.29, 1.82) is 0 Å². The Labute approximate surface area is 141 Å². The quantitative estimate of drug-likeness (QED) is 0.831. The molecule has 0 aliphatic carbocycles. The average molecular weight is 326 g/mol. The molecule has 126 valence electrons. The minimum Gasteiger partial charge on any atom is -0.291 e. The number of aromatic nitrogens is 1. The highest BCUT2D eigenvalue weighted by atomic mass is 16.2. The summed E-state index contributed by atoms with van der Waals surface area (Å²) in [5, 5.41) is 4.01. The summed E-state index contributed by atoms with van der Waals surface area (Å²) in [5.41, 5.74) is 3.38. The van der Waals surface area contributed by atoms with E-state index in [4.69, 9.17) is 0 Å². The van der Waals surface area contributed by atoms with Crippen LogP contribution in [0.1, 0.15) is 36.7 Å². The number of carbonyl (C=O) groups excluding carboxylic acids is 2. The van der Waals surface area contributed by atoms with Gasteiger partial charge in [-0.3, -0.25) is 15.5 Å². The number of amides is 3. The average Bonchev–Trinajstić information content (AvgIpc) is 2.54. The molecule has 0 saturated carbocycles. The van der Waals surface area contributed by atoms with E-state index in [2.05, 4.69) is 15.7 Å². The van der Waals surface area contributed by atoms with Gasteiger partial charge in [-0.15, -0.1) is 0 Å². The molecule has 0 saturated heterocycles. The van der Waals surface area contributed by atoms with Gasteiger partial charge < -0.3 is 0 Å². The fraction of sp³-hybridized carbons (Fsp3) is 0.278. The molecule has 0 atom stereocenters. The molecule has 3 amide bonds. The summed E-state index contributed by atoms with van der Waals surface area (Å²) in [6, 6.07) is 12.0. The number of anilines is 1. The largest absolute Gasteiger partial charge is 0.342 e. The molecule has 0 aliphatic heterocycles. The van der Waals surface area contributed by atoms with E-state index in [1.54, 1.807) is 36.5 Å². The minimum absolute atomic E-state index is 0.349. The van der Waals surface area contributed by atoms with Crippen LogP contribution in [0.25, 0.3) is 0 Å². The Bertz CT molecular complexity index is 723. The summed E-state index contributed by atoms with van der Waals surface area (Å²) < 4.78 is 0. The standard InChI is InChI=1S/C18H22N4O2/c1-13-9-8-12-19-15(13)20-17(24)22(18(2,3)4)21-16(23)14-10-6-5-7-11-14/h5-12H,1-4H3,(H,21,23)(H,19,20,24). The van der Waals surface area contributed by atoms with E-state index in [0.29, 0.717) is 11.4 Å². The molecule has 2 N–H and O–H groups in total. The maximum Gasteiger partial charge on any atom is 0.342 e. The van der Waals surface area contributed by atoms with Gasteiger partial charge in [0.1, 0.15) is 5.82 Å². The monoisotopic (exact) mass is 326 g/mol. The Hall–Kier alpha value is -2.89. The lowest BCUT2D eigenvalue weighted by Crippen LogP contribution is -2.57. The van der Waals surface area contributed by atoms with Gasteiger partial charge in [-0.05, 0) is 51.5 Å². The molecule has 0 aliphatic rings. The van der Waals surface area contributed by atoms with Crippen LogP contribution in [0.4, 0.5) is 10.6 Å². The first-order valence-corrected chi connectivity index (χ1v) is 7.68. The molecular formula is C18H22N4O2. The first-order chi connectivity index (χ1) is 11.3. The zero-order valence-corrected chi connectivity index (χ0v) is 14.3. The summed E-state index contributed by atoms with van der Waals surface area (Å²) in [6.07, 6.45) is 1.60. The van der Waals surface area contributed by atoms with Gasteiger partial charge in [-0.2, -0.15) is 0 Å². The number of rotatable bonds is 2. The Morgan fingerprint density at radius 1 is 1.04 bits per heavy atom. The Balaban J connectivity index is 2.18. The number of benzene rings is 1. The highest BCUT2D eigenvalue weighted by molar-refractivity contribution is 5.97. The molecular weight excluding hydrogens is 304 g/mol. The number of hydrogen-bond acceptors (Lipinski definition) is 3. The third-order valence-electron chi connectivity index (χ3n) is 3.36. The second-order valence-corrected chi connectivity index (χ2v) is 6.41. The first-order valence-electron chi connectivity index (χ1n) is 7.68. The number of nitrogens with one attached hydrogen (secondary N) is 2. The first kappa shape index (κ1) is 17.5. The molecule has 2 aromatic rings. The molecule has 0 spiro atoms. The molecule has 1 heterocycles. The van der Waals surface area contributed by atoms with Crippen molar-refractivity contribution in [1.82, 2.24) is 15.4 Å². The van der Waals surface area contributed by atoms with Crippen molar-refractivity contribution < 1.29 is 9.59 Å². The van der Waals surface area contributed by atoms with Crippen LogP contribution in [-0.2, 0) is 0 Å². The van der Waals surface area contributed by atoms with Crippen LogP contribution in [0.5, 0.6) is 0 Å². The van der Waals surface area contributed by atoms with Crippen molar-refractivity contribution in [2.45, 2.75) is 33.2 Å². The van der Waals surface area contributed by atoms with Gasteiger partial charge in [0.15, 0.2) is 0 Å². The Kier molecular flexibility index (Phi) is 5.18. The minimum atomic E-state index is -0.614. The maximum atomic E-state index is 12.6. The molecule has 1 aromatic carbocycles. The van der Waals surface area contributed by atoms with E-state index in [-0.39, 0.29) is 5.91 Å². The molecule has 2 rings (SSSR count). The molecule has 6 heteroatoms. The van der Waals surface area contributed by atoms with E-state index in [1.165, 1.54) is 5.01 Å². The SMILES string of the molecule is Cc1cccnc1NC(=O)N(NC(=O)c1ccccc1)C(C)(C)C. The van der Waals surface area contributed by atoms with Gasteiger partial charge in [0, 0.05) is 11.8 Å². The number of aryl methyl sites for hydroxylation is 1. The van der Waals surface area contributed by atoms with Gasteiger partial charge in [0.2, 0.25) is 0 Å². The van der Waals surface area contributed by atoms with Crippen LogP contribution in [0.15, 0.2) is 48.7 Å². The fourth-order valence-electron chi connectivity index (χ4n) is 2.05. The summed E-state index contributed by atoms with van der Waals surface area (Å²) in [7, 11) is 0.